The van der Waals surface area contributed by atoms with Crippen LogP contribution in [0.5, 0.6) is 17.2 Å². The molecule has 0 amide bonds. The summed E-state index contributed by atoms with van der Waals surface area (Å²) in [5, 5.41) is 0. The van der Waals surface area contributed by atoms with E-state index in [-0.39, 0.29) is 0 Å². The van der Waals surface area contributed by atoms with Crippen molar-refractivity contribution in [3.63, 3.8) is 0 Å². The normalized spacial score (nSPS) is 23.7. The summed E-state index contributed by atoms with van der Waals surface area (Å²) in [6.45, 7) is 8.06. The van der Waals surface area contributed by atoms with Crippen LogP contribution in [0.15, 0.2) is 54.6 Å². The minimum atomic E-state index is 0.325. The molecule has 24 heavy (non-hydrogen) atoms. The summed E-state index contributed by atoms with van der Waals surface area (Å²) in [5.74, 6) is 2.47. The van der Waals surface area contributed by atoms with Gasteiger partial charge in [-0.15, -0.1) is 0 Å². The van der Waals surface area contributed by atoms with Crippen molar-refractivity contribution in [3.8, 4) is 17.2 Å². The lowest BCUT2D eigenvalue weighted by Gasteiger charge is -2.32. The van der Waals surface area contributed by atoms with Crippen LogP contribution in [0, 0.1) is 0 Å². The van der Waals surface area contributed by atoms with Crippen molar-refractivity contribution in [2.24, 2.45) is 0 Å². The minimum absolute atomic E-state index is 0.325. The Morgan fingerprint density at radius 1 is 0.917 bits per heavy atom. The number of nitrogens with one attached hydrogen (secondary N) is 1. The number of ether oxygens (including phenoxy) is 3. The van der Waals surface area contributed by atoms with Crippen molar-refractivity contribution in [2.75, 3.05) is 26.2 Å². The number of hydrogen-bond acceptors (Lipinski definition) is 3. The van der Waals surface area contributed by atoms with Gasteiger partial charge in [-0.25, -0.2) is 0 Å². The first kappa shape index (κ1) is 16.8. The molecule has 0 aromatic heterocycles. The van der Waals surface area contributed by atoms with Crippen molar-refractivity contribution >= 4 is 0 Å². The molecular formula is C20H26NO3+. The number of morpholine rings is 1. The molecule has 0 radical (unpaired) electrons. The molecule has 1 fully saturated rings. The topological polar surface area (TPSA) is 32.1 Å². The fourth-order valence-corrected chi connectivity index (χ4v) is 3.16. The van der Waals surface area contributed by atoms with Gasteiger partial charge in [0.05, 0.1) is 0 Å². The van der Waals surface area contributed by atoms with E-state index >= 15 is 0 Å². The van der Waals surface area contributed by atoms with Gasteiger partial charge in [0.15, 0.2) is 0 Å². The molecule has 2 aromatic rings. The second-order valence-corrected chi connectivity index (χ2v) is 6.40. The second kappa shape index (κ2) is 8.18. The van der Waals surface area contributed by atoms with Gasteiger partial charge in [0.2, 0.25) is 0 Å². The third-order valence-electron chi connectivity index (χ3n) is 4.13. The van der Waals surface area contributed by atoms with Crippen LogP contribution in [0.1, 0.15) is 13.8 Å². The predicted octanol–water partition coefficient (Wildman–Crippen LogP) is 2.55. The second-order valence-electron chi connectivity index (χ2n) is 6.40. The fourth-order valence-electron chi connectivity index (χ4n) is 3.16. The van der Waals surface area contributed by atoms with Crippen LogP contribution >= 0.6 is 0 Å². The van der Waals surface area contributed by atoms with Crippen LogP contribution in [0.25, 0.3) is 0 Å². The zero-order valence-corrected chi connectivity index (χ0v) is 14.4. The highest BCUT2D eigenvalue weighted by Gasteiger charge is 2.25. The number of rotatable bonds is 6. The van der Waals surface area contributed by atoms with Gasteiger partial charge in [0.1, 0.15) is 55.7 Å². The van der Waals surface area contributed by atoms with Crippen LogP contribution in [-0.4, -0.2) is 38.4 Å². The SMILES string of the molecule is C[C@@H]1C[NH+](CCOc2cccc(Oc3ccccc3)c2)C[C@H](C)O1. The van der Waals surface area contributed by atoms with E-state index in [1.54, 1.807) is 0 Å². The lowest BCUT2D eigenvalue weighted by atomic mass is 10.2. The zero-order valence-electron chi connectivity index (χ0n) is 14.4. The Bertz CT molecular complexity index is 622. The Labute approximate surface area is 144 Å². The molecule has 1 unspecified atom stereocenters. The standard InChI is InChI=1S/C20H25NO3/c1-16-14-21(15-17(2)23-16)11-12-22-19-9-6-10-20(13-19)24-18-7-4-3-5-8-18/h3-10,13,16-17H,11-12,14-15H2,1-2H3/p+1/t16-,17+. The first-order valence-corrected chi connectivity index (χ1v) is 8.64. The van der Waals surface area contributed by atoms with E-state index in [1.165, 1.54) is 4.90 Å². The van der Waals surface area contributed by atoms with Crippen LogP contribution in [0.4, 0.5) is 0 Å². The molecule has 0 saturated carbocycles. The maximum atomic E-state index is 5.92. The lowest BCUT2D eigenvalue weighted by Crippen LogP contribution is -3.16. The molecule has 1 aliphatic rings. The Morgan fingerprint density at radius 2 is 1.58 bits per heavy atom. The van der Waals surface area contributed by atoms with Crippen LogP contribution in [-0.2, 0) is 4.74 Å². The summed E-state index contributed by atoms with van der Waals surface area (Å²) < 4.78 is 17.5. The Balaban J connectivity index is 1.50. The minimum Gasteiger partial charge on any atom is -0.488 e. The molecule has 1 heterocycles. The quantitative estimate of drug-likeness (QED) is 0.884. The lowest BCUT2D eigenvalue weighted by molar-refractivity contribution is -0.915. The third-order valence-corrected chi connectivity index (χ3v) is 4.13. The molecule has 3 rings (SSSR count). The molecule has 128 valence electrons. The van der Waals surface area contributed by atoms with E-state index in [9.17, 15) is 0 Å². The Hall–Kier alpha value is -2.04. The average molecular weight is 328 g/mol. The van der Waals surface area contributed by atoms with E-state index in [2.05, 4.69) is 13.8 Å². The van der Waals surface area contributed by atoms with Crippen molar-refractivity contribution in [3.05, 3.63) is 54.6 Å². The summed E-state index contributed by atoms with van der Waals surface area (Å²) in [7, 11) is 0. The van der Waals surface area contributed by atoms with Gasteiger partial charge in [-0.1, -0.05) is 24.3 Å². The van der Waals surface area contributed by atoms with Crippen molar-refractivity contribution in [1.82, 2.24) is 0 Å². The van der Waals surface area contributed by atoms with E-state index in [0.29, 0.717) is 18.8 Å². The maximum absolute atomic E-state index is 5.92. The highest BCUT2D eigenvalue weighted by Crippen LogP contribution is 2.24. The smallest absolute Gasteiger partial charge is 0.137 e. The maximum Gasteiger partial charge on any atom is 0.137 e. The monoisotopic (exact) mass is 328 g/mol. The van der Waals surface area contributed by atoms with Gasteiger partial charge in [0, 0.05) is 6.07 Å². The molecule has 1 saturated heterocycles. The zero-order chi connectivity index (χ0) is 16.8. The predicted molar refractivity (Wildman–Crippen MR) is 94.0 cm³/mol. The summed E-state index contributed by atoms with van der Waals surface area (Å²) >= 11 is 0. The number of hydrogen-bond donors (Lipinski definition) is 1. The Kier molecular flexibility index (Phi) is 5.72. The fraction of sp³-hybridized carbons (Fsp3) is 0.400. The molecule has 4 heteroatoms. The summed E-state index contributed by atoms with van der Waals surface area (Å²) in [6, 6.07) is 17.6. The molecule has 1 aliphatic heterocycles. The van der Waals surface area contributed by atoms with Gasteiger partial charge >= 0.3 is 0 Å². The highest BCUT2D eigenvalue weighted by atomic mass is 16.5. The van der Waals surface area contributed by atoms with E-state index in [4.69, 9.17) is 14.2 Å². The van der Waals surface area contributed by atoms with Gasteiger partial charge in [0.25, 0.3) is 0 Å². The van der Waals surface area contributed by atoms with Gasteiger partial charge < -0.3 is 19.1 Å². The molecule has 2 aromatic carbocycles. The first-order chi connectivity index (χ1) is 11.7. The summed E-state index contributed by atoms with van der Waals surface area (Å²) in [5.41, 5.74) is 0. The van der Waals surface area contributed by atoms with Gasteiger partial charge in [-0.2, -0.15) is 0 Å². The summed E-state index contributed by atoms with van der Waals surface area (Å²) in [4.78, 5) is 1.54. The van der Waals surface area contributed by atoms with Gasteiger partial charge in [-0.3, -0.25) is 0 Å². The largest absolute Gasteiger partial charge is 0.488 e. The summed E-state index contributed by atoms with van der Waals surface area (Å²) in [6.07, 6.45) is 0.651. The van der Waals surface area contributed by atoms with Crippen LogP contribution in [0.3, 0.4) is 0 Å². The van der Waals surface area contributed by atoms with E-state index < -0.39 is 0 Å². The van der Waals surface area contributed by atoms with Crippen LogP contribution in [0.2, 0.25) is 0 Å². The average Bonchev–Trinajstić information content (AvgIpc) is 2.55. The Morgan fingerprint density at radius 3 is 2.33 bits per heavy atom. The van der Waals surface area contributed by atoms with Crippen molar-refractivity contribution in [1.29, 1.82) is 0 Å². The van der Waals surface area contributed by atoms with E-state index in [0.717, 1.165) is 36.9 Å². The number of para-hydroxylation sites is 1. The van der Waals surface area contributed by atoms with E-state index in [1.807, 2.05) is 54.6 Å². The number of benzene rings is 2. The molecule has 1 N–H and O–H groups in total. The number of quaternary nitrogens is 1. The molecule has 4 nitrogen and oxygen atoms in total. The third kappa shape index (κ3) is 4.98. The molecule has 0 bridgehead atoms. The highest BCUT2D eigenvalue weighted by molar-refractivity contribution is 5.36. The van der Waals surface area contributed by atoms with Gasteiger partial charge in [-0.05, 0) is 38.1 Å². The van der Waals surface area contributed by atoms with Crippen molar-refractivity contribution < 1.29 is 19.1 Å². The van der Waals surface area contributed by atoms with Crippen LogP contribution < -0.4 is 14.4 Å². The van der Waals surface area contributed by atoms with Crippen molar-refractivity contribution in [2.45, 2.75) is 26.1 Å². The molecular weight excluding hydrogens is 302 g/mol. The molecule has 0 spiro atoms. The molecule has 3 atom stereocenters. The molecule has 0 aliphatic carbocycles. The first-order valence-electron chi connectivity index (χ1n) is 8.64.